The van der Waals surface area contributed by atoms with Gasteiger partial charge in [0.05, 0.1) is 20.8 Å². The number of rotatable bonds is 5. The predicted molar refractivity (Wildman–Crippen MR) is 98.0 cm³/mol. The number of fused-ring (bicyclic) bond motifs is 1. The molecule has 2 aromatic rings. The van der Waals surface area contributed by atoms with Crippen molar-refractivity contribution in [2.75, 3.05) is 20.8 Å². The molecule has 0 bridgehead atoms. The molecule has 0 aliphatic rings. The molecule has 25 heavy (non-hydrogen) atoms. The van der Waals surface area contributed by atoms with E-state index in [1.54, 1.807) is 21.1 Å². The molecule has 132 valence electrons. The van der Waals surface area contributed by atoms with Gasteiger partial charge in [0.25, 0.3) is 0 Å². The van der Waals surface area contributed by atoms with Crippen molar-refractivity contribution in [3.63, 3.8) is 0 Å². The average Bonchev–Trinajstić information content (AvgIpc) is 2.61. The second-order valence-electron chi connectivity index (χ2n) is 5.19. The van der Waals surface area contributed by atoms with Crippen LogP contribution in [-0.2, 0) is 4.74 Å². The van der Waals surface area contributed by atoms with Gasteiger partial charge >= 0.3 is 24.8 Å². The van der Waals surface area contributed by atoms with Gasteiger partial charge in [-0.25, -0.2) is 4.79 Å². The molecule has 0 aliphatic heterocycles. The number of hydrogen-bond acceptors (Lipinski definition) is 4. The van der Waals surface area contributed by atoms with Crippen LogP contribution in [0.4, 0.5) is 0 Å². The standard InChI is InChI=1S/C16H18O4.C4H9.Li/c1-5-20-16(17)13-10(2)14(18-3)11-8-6-7-9-12(11)15(13)19-4;1-3-4-2;/h6-9H,5H2,1-4H3;1,3-4H2,2H3;/q;-1;+1. The van der Waals surface area contributed by atoms with Crippen LogP contribution in [0.5, 0.6) is 11.5 Å². The molecule has 0 unspecified atom stereocenters. The Morgan fingerprint density at radius 2 is 1.52 bits per heavy atom. The number of ether oxygens (including phenoxy) is 3. The molecule has 0 radical (unpaired) electrons. The van der Waals surface area contributed by atoms with E-state index >= 15 is 0 Å². The summed E-state index contributed by atoms with van der Waals surface area (Å²) in [5.41, 5.74) is 1.14. The predicted octanol–water partition coefficient (Wildman–Crippen LogP) is 1.97. The largest absolute Gasteiger partial charge is 1.00 e. The molecule has 4 nitrogen and oxygen atoms in total. The van der Waals surface area contributed by atoms with Crippen molar-refractivity contribution < 1.29 is 37.9 Å². The Kier molecular flexibility index (Phi) is 11.1. The molecule has 2 aromatic carbocycles. The number of carbonyl (C=O) groups is 1. The van der Waals surface area contributed by atoms with Crippen molar-refractivity contribution in [2.24, 2.45) is 0 Å². The van der Waals surface area contributed by atoms with Gasteiger partial charge in [0.1, 0.15) is 17.1 Å². The van der Waals surface area contributed by atoms with E-state index in [1.165, 1.54) is 6.42 Å². The summed E-state index contributed by atoms with van der Waals surface area (Å²) in [7, 11) is 3.15. The topological polar surface area (TPSA) is 44.8 Å². The SMILES string of the molecule is CCOC(=O)c1c(C)c(OC)c2ccccc2c1OC.[CH2-]CCC.[Li+]. The van der Waals surface area contributed by atoms with Gasteiger partial charge in [-0.05, 0) is 13.8 Å². The molecular formula is C20H27LiO4. The van der Waals surface area contributed by atoms with Crippen LogP contribution in [0.1, 0.15) is 42.6 Å². The summed E-state index contributed by atoms with van der Waals surface area (Å²) in [6, 6.07) is 7.67. The molecule has 0 spiro atoms. The van der Waals surface area contributed by atoms with Crippen LogP contribution in [0.15, 0.2) is 24.3 Å². The van der Waals surface area contributed by atoms with Crippen molar-refractivity contribution >= 4 is 16.7 Å². The van der Waals surface area contributed by atoms with Crippen LogP contribution < -0.4 is 28.3 Å². The van der Waals surface area contributed by atoms with E-state index < -0.39 is 5.97 Å². The van der Waals surface area contributed by atoms with Gasteiger partial charge in [-0.15, -0.1) is 0 Å². The Balaban J connectivity index is 0.00000104. The fourth-order valence-corrected chi connectivity index (χ4v) is 2.42. The fourth-order valence-electron chi connectivity index (χ4n) is 2.42. The summed E-state index contributed by atoms with van der Waals surface area (Å²) >= 11 is 0. The monoisotopic (exact) mass is 338 g/mol. The van der Waals surface area contributed by atoms with Crippen LogP contribution in [0, 0.1) is 13.8 Å². The van der Waals surface area contributed by atoms with Crippen LogP contribution in [0.2, 0.25) is 0 Å². The first kappa shape index (κ1) is 23.4. The molecule has 0 N–H and O–H groups in total. The van der Waals surface area contributed by atoms with Crippen molar-refractivity contribution in [3.05, 3.63) is 42.3 Å². The number of methoxy groups -OCH3 is 2. The number of hydrogen-bond donors (Lipinski definition) is 0. The van der Waals surface area contributed by atoms with Crippen LogP contribution in [0.3, 0.4) is 0 Å². The summed E-state index contributed by atoms with van der Waals surface area (Å²) in [6.07, 6.45) is 2.28. The normalized spacial score (nSPS) is 9.52. The van der Waals surface area contributed by atoms with E-state index in [2.05, 4.69) is 13.8 Å². The third-order valence-corrected chi connectivity index (χ3v) is 3.60. The first-order valence-corrected chi connectivity index (χ1v) is 8.16. The van der Waals surface area contributed by atoms with E-state index in [1.807, 2.05) is 31.2 Å². The quantitative estimate of drug-likeness (QED) is 0.475. The van der Waals surface area contributed by atoms with Crippen LogP contribution >= 0.6 is 0 Å². The molecule has 0 fully saturated rings. The fraction of sp³-hybridized carbons (Fsp3) is 0.400. The molecule has 2 rings (SSSR count). The number of benzene rings is 2. The number of unbranched alkanes of at least 4 members (excludes halogenated alkanes) is 1. The van der Waals surface area contributed by atoms with Gasteiger partial charge in [-0.1, -0.05) is 37.6 Å². The van der Waals surface area contributed by atoms with Crippen molar-refractivity contribution in [1.29, 1.82) is 0 Å². The molecule has 0 heterocycles. The second-order valence-corrected chi connectivity index (χ2v) is 5.19. The van der Waals surface area contributed by atoms with Gasteiger partial charge in [0.15, 0.2) is 0 Å². The second kappa shape index (κ2) is 11.8. The molecule has 5 heteroatoms. The Morgan fingerprint density at radius 3 is 1.92 bits per heavy atom. The zero-order valence-electron chi connectivity index (χ0n) is 16.3. The Labute approximate surface area is 163 Å². The zero-order chi connectivity index (χ0) is 18.1. The third kappa shape index (κ3) is 5.42. The number of carbonyl (C=O) groups excluding carboxylic acids is 1. The van der Waals surface area contributed by atoms with Crippen molar-refractivity contribution in [2.45, 2.75) is 33.6 Å². The molecule has 0 aliphatic carbocycles. The Hall–Kier alpha value is -1.63. The minimum absolute atomic E-state index is 0. The zero-order valence-corrected chi connectivity index (χ0v) is 16.3. The van der Waals surface area contributed by atoms with Crippen molar-refractivity contribution in [3.8, 4) is 11.5 Å². The first-order valence-electron chi connectivity index (χ1n) is 8.16. The summed E-state index contributed by atoms with van der Waals surface area (Å²) in [5, 5.41) is 1.75. The van der Waals surface area contributed by atoms with Gasteiger partial charge in [-0.2, -0.15) is 6.42 Å². The summed E-state index contributed by atoms with van der Waals surface area (Å²) in [5.74, 6) is 0.799. The molecule has 0 saturated heterocycles. The van der Waals surface area contributed by atoms with E-state index in [4.69, 9.17) is 14.2 Å². The van der Waals surface area contributed by atoms with Crippen LogP contribution in [0.25, 0.3) is 10.8 Å². The van der Waals surface area contributed by atoms with E-state index in [-0.39, 0.29) is 18.9 Å². The summed E-state index contributed by atoms with van der Waals surface area (Å²) in [6.45, 7) is 9.65. The average molecular weight is 338 g/mol. The molecule has 0 aromatic heterocycles. The van der Waals surface area contributed by atoms with Gasteiger partial charge in [-0.3, -0.25) is 0 Å². The molecule has 0 atom stereocenters. The Morgan fingerprint density at radius 1 is 1.04 bits per heavy atom. The third-order valence-electron chi connectivity index (χ3n) is 3.60. The van der Waals surface area contributed by atoms with Gasteiger partial charge < -0.3 is 21.1 Å². The molecular weight excluding hydrogens is 311 g/mol. The summed E-state index contributed by atoms with van der Waals surface area (Å²) in [4.78, 5) is 12.2. The van der Waals surface area contributed by atoms with E-state index in [0.717, 1.165) is 22.8 Å². The molecule has 0 saturated carbocycles. The minimum atomic E-state index is -0.397. The van der Waals surface area contributed by atoms with E-state index in [9.17, 15) is 4.79 Å². The first-order chi connectivity index (χ1) is 11.6. The smallest absolute Gasteiger partial charge is 0.496 e. The Bertz CT molecular complexity index is 681. The molecule has 0 amide bonds. The van der Waals surface area contributed by atoms with E-state index in [0.29, 0.717) is 23.7 Å². The minimum Gasteiger partial charge on any atom is -0.496 e. The maximum atomic E-state index is 12.2. The maximum absolute atomic E-state index is 12.2. The summed E-state index contributed by atoms with van der Waals surface area (Å²) < 4.78 is 16.0. The van der Waals surface area contributed by atoms with Crippen LogP contribution in [-0.4, -0.2) is 26.8 Å². The van der Waals surface area contributed by atoms with Gasteiger partial charge in [0.2, 0.25) is 0 Å². The van der Waals surface area contributed by atoms with Crippen molar-refractivity contribution in [1.82, 2.24) is 0 Å². The van der Waals surface area contributed by atoms with Gasteiger partial charge in [0, 0.05) is 16.3 Å². The number of esters is 1. The maximum Gasteiger partial charge on any atom is 1.00 e.